The van der Waals surface area contributed by atoms with Crippen molar-refractivity contribution in [1.82, 2.24) is 20.1 Å². The number of rotatable bonds is 4. The Hall–Kier alpha value is -1.92. The van der Waals surface area contributed by atoms with Crippen molar-refractivity contribution in [3.8, 4) is 5.69 Å². The predicted molar refractivity (Wildman–Crippen MR) is 98.2 cm³/mol. The topological polar surface area (TPSA) is 85.8 Å². The second-order valence-corrected chi connectivity index (χ2v) is 7.30. The van der Waals surface area contributed by atoms with Gasteiger partial charge in [-0.05, 0) is 37.8 Å². The average Bonchev–Trinajstić information content (AvgIpc) is 3.03. The maximum atomic E-state index is 12.6. The van der Waals surface area contributed by atoms with Gasteiger partial charge in [-0.25, -0.2) is 9.67 Å². The van der Waals surface area contributed by atoms with Crippen molar-refractivity contribution in [3.05, 3.63) is 40.9 Å². The number of nitrogens with zero attached hydrogens (tertiary/aromatic N) is 3. The van der Waals surface area contributed by atoms with Crippen LogP contribution >= 0.6 is 11.6 Å². The standard InChI is InChI=1S/C18H24ClN5O/c1-11(2)17-22-16(18(25)21-13-9-7-12(20)8-10-13)23-24(17)15-6-4-3-5-14(15)19/h3-6,11-13H,7-10,20H2,1-2H3,(H,21,25). The van der Waals surface area contributed by atoms with Gasteiger partial charge in [0.1, 0.15) is 5.82 Å². The van der Waals surface area contributed by atoms with E-state index in [4.69, 9.17) is 17.3 Å². The minimum atomic E-state index is -0.242. The first kappa shape index (κ1) is 17.9. The average molecular weight is 362 g/mol. The molecule has 0 spiro atoms. The van der Waals surface area contributed by atoms with Crippen molar-refractivity contribution < 1.29 is 4.79 Å². The molecule has 7 heteroatoms. The Labute approximate surface area is 152 Å². The Morgan fingerprint density at radius 3 is 2.60 bits per heavy atom. The molecular formula is C18H24ClN5O. The van der Waals surface area contributed by atoms with Gasteiger partial charge < -0.3 is 11.1 Å². The van der Waals surface area contributed by atoms with Gasteiger partial charge in [0.15, 0.2) is 0 Å². The number of carbonyl (C=O) groups is 1. The highest BCUT2D eigenvalue weighted by molar-refractivity contribution is 6.32. The smallest absolute Gasteiger partial charge is 0.291 e. The van der Waals surface area contributed by atoms with E-state index in [0.29, 0.717) is 10.8 Å². The van der Waals surface area contributed by atoms with Gasteiger partial charge in [0, 0.05) is 18.0 Å². The van der Waals surface area contributed by atoms with E-state index in [1.165, 1.54) is 0 Å². The fourth-order valence-electron chi connectivity index (χ4n) is 3.11. The number of nitrogens with one attached hydrogen (secondary N) is 1. The maximum Gasteiger partial charge on any atom is 0.291 e. The second-order valence-electron chi connectivity index (χ2n) is 6.90. The van der Waals surface area contributed by atoms with Crippen LogP contribution in [0.3, 0.4) is 0 Å². The first-order chi connectivity index (χ1) is 12.0. The molecule has 0 radical (unpaired) electrons. The number of nitrogens with two attached hydrogens (primary N) is 1. The molecule has 0 unspecified atom stereocenters. The molecule has 1 aliphatic carbocycles. The highest BCUT2D eigenvalue weighted by Crippen LogP contribution is 2.24. The number of benzene rings is 1. The van der Waals surface area contributed by atoms with Gasteiger partial charge in [0.05, 0.1) is 10.7 Å². The van der Waals surface area contributed by atoms with Crippen LogP contribution in [-0.2, 0) is 0 Å². The molecule has 2 aromatic rings. The number of amides is 1. The van der Waals surface area contributed by atoms with Crippen LogP contribution < -0.4 is 11.1 Å². The molecule has 0 bridgehead atoms. The van der Waals surface area contributed by atoms with Crippen molar-refractivity contribution in [2.75, 3.05) is 0 Å². The normalized spacial score (nSPS) is 20.7. The van der Waals surface area contributed by atoms with Gasteiger partial charge >= 0.3 is 0 Å². The second kappa shape index (κ2) is 7.54. The number of halogens is 1. The first-order valence-electron chi connectivity index (χ1n) is 8.74. The summed E-state index contributed by atoms with van der Waals surface area (Å²) in [5.41, 5.74) is 6.65. The SMILES string of the molecule is CC(C)c1nc(C(=O)NC2CCC(N)CC2)nn1-c1ccccc1Cl. The molecule has 1 amide bonds. The van der Waals surface area contributed by atoms with Crippen LogP contribution in [0.4, 0.5) is 0 Å². The maximum absolute atomic E-state index is 12.6. The van der Waals surface area contributed by atoms with Crippen LogP contribution in [0.15, 0.2) is 24.3 Å². The van der Waals surface area contributed by atoms with Gasteiger partial charge in [-0.15, -0.1) is 5.10 Å². The fourth-order valence-corrected chi connectivity index (χ4v) is 3.32. The van der Waals surface area contributed by atoms with Gasteiger partial charge in [0.25, 0.3) is 5.91 Å². The number of carbonyl (C=O) groups excluding carboxylic acids is 1. The largest absolute Gasteiger partial charge is 0.347 e. The van der Waals surface area contributed by atoms with Crippen LogP contribution in [0.1, 0.15) is 61.9 Å². The van der Waals surface area contributed by atoms with E-state index >= 15 is 0 Å². The van der Waals surface area contributed by atoms with Crippen LogP contribution in [0.5, 0.6) is 0 Å². The van der Waals surface area contributed by atoms with Crippen LogP contribution in [0.25, 0.3) is 5.69 Å². The van der Waals surface area contributed by atoms with Crippen molar-refractivity contribution >= 4 is 17.5 Å². The van der Waals surface area contributed by atoms with Crippen molar-refractivity contribution in [1.29, 1.82) is 0 Å². The Kier molecular flexibility index (Phi) is 5.39. The lowest BCUT2D eigenvalue weighted by atomic mass is 9.92. The van der Waals surface area contributed by atoms with Gasteiger partial charge in [-0.3, -0.25) is 4.79 Å². The molecular weight excluding hydrogens is 338 g/mol. The summed E-state index contributed by atoms with van der Waals surface area (Å²) in [5.74, 6) is 0.758. The van der Waals surface area contributed by atoms with E-state index in [2.05, 4.69) is 15.4 Å². The molecule has 1 aliphatic rings. The quantitative estimate of drug-likeness (QED) is 0.876. The van der Waals surface area contributed by atoms with Crippen molar-refractivity contribution in [2.45, 2.75) is 57.5 Å². The molecule has 1 fully saturated rings. The fraction of sp³-hybridized carbons (Fsp3) is 0.500. The molecule has 1 heterocycles. The van der Waals surface area contributed by atoms with Crippen LogP contribution in [-0.4, -0.2) is 32.8 Å². The van der Waals surface area contributed by atoms with E-state index in [1.807, 2.05) is 32.0 Å². The number of aromatic nitrogens is 3. The first-order valence-corrected chi connectivity index (χ1v) is 9.11. The molecule has 3 rings (SSSR count). The van der Waals surface area contributed by atoms with Crippen LogP contribution in [0, 0.1) is 0 Å². The Bertz CT molecular complexity index is 750. The lowest BCUT2D eigenvalue weighted by Crippen LogP contribution is -2.40. The zero-order valence-electron chi connectivity index (χ0n) is 14.6. The summed E-state index contributed by atoms with van der Waals surface area (Å²) in [4.78, 5) is 17.0. The molecule has 6 nitrogen and oxygen atoms in total. The highest BCUT2D eigenvalue weighted by Gasteiger charge is 2.24. The molecule has 1 aromatic carbocycles. The number of hydrogen-bond donors (Lipinski definition) is 2. The summed E-state index contributed by atoms with van der Waals surface area (Å²) >= 11 is 6.29. The lowest BCUT2D eigenvalue weighted by Gasteiger charge is -2.26. The van der Waals surface area contributed by atoms with Gasteiger partial charge in [-0.1, -0.05) is 37.6 Å². The summed E-state index contributed by atoms with van der Waals surface area (Å²) in [7, 11) is 0. The molecule has 134 valence electrons. The lowest BCUT2D eigenvalue weighted by molar-refractivity contribution is 0.0915. The summed E-state index contributed by atoms with van der Waals surface area (Å²) < 4.78 is 1.67. The van der Waals surface area contributed by atoms with E-state index in [0.717, 1.165) is 31.4 Å². The Morgan fingerprint density at radius 2 is 1.96 bits per heavy atom. The third-order valence-corrected chi connectivity index (χ3v) is 4.86. The summed E-state index contributed by atoms with van der Waals surface area (Å²) in [6, 6.07) is 7.80. The third kappa shape index (κ3) is 4.02. The predicted octanol–water partition coefficient (Wildman–Crippen LogP) is 3.04. The molecule has 0 saturated heterocycles. The summed E-state index contributed by atoms with van der Waals surface area (Å²) in [5, 5.41) is 8.03. The van der Waals surface area contributed by atoms with E-state index in [-0.39, 0.29) is 29.7 Å². The van der Waals surface area contributed by atoms with E-state index in [1.54, 1.807) is 10.7 Å². The van der Waals surface area contributed by atoms with Crippen LogP contribution in [0.2, 0.25) is 5.02 Å². The monoisotopic (exact) mass is 361 g/mol. The number of para-hydroxylation sites is 1. The highest BCUT2D eigenvalue weighted by atomic mass is 35.5. The molecule has 3 N–H and O–H groups in total. The molecule has 1 aromatic heterocycles. The van der Waals surface area contributed by atoms with Crippen molar-refractivity contribution in [2.24, 2.45) is 5.73 Å². The van der Waals surface area contributed by atoms with Gasteiger partial charge in [0.2, 0.25) is 5.82 Å². The number of hydrogen-bond acceptors (Lipinski definition) is 4. The molecule has 0 aliphatic heterocycles. The Morgan fingerprint density at radius 1 is 1.28 bits per heavy atom. The van der Waals surface area contributed by atoms with E-state index in [9.17, 15) is 4.79 Å². The Balaban J connectivity index is 1.84. The van der Waals surface area contributed by atoms with E-state index < -0.39 is 0 Å². The van der Waals surface area contributed by atoms with Crippen molar-refractivity contribution in [3.63, 3.8) is 0 Å². The third-order valence-electron chi connectivity index (χ3n) is 4.54. The molecule has 25 heavy (non-hydrogen) atoms. The zero-order chi connectivity index (χ0) is 18.0. The van der Waals surface area contributed by atoms with Gasteiger partial charge in [-0.2, -0.15) is 0 Å². The minimum Gasteiger partial charge on any atom is -0.347 e. The minimum absolute atomic E-state index is 0.109. The summed E-state index contributed by atoms with van der Waals surface area (Å²) in [6.07, 6.45) is 3.66. The summed E-state index contributed by atoms with van der Waals surface area (Å²) in [6.45, 7) is 4.03. The zero-order valence-corrected chi connectivity index (χ0v) is 15.3. The molecule has 1 saturated carbocycles. The molecule has 0 atom stereocenters.